The normalized spacial score (nSPS) is 23.7. The highest BCUT2D eigenvalue weighted by Crippen LogP contribution is 2.36. The van der Waals surface area contributed by atoms with E-state index in [1.165, 1.54) is 0 Å². The van der Waals surface area contributed by atoms with E-state index in [1.54, 1.807) is 12.1 Å². The number of anilines is 1. The highest BCUT2D eigenvalue weighted by Gasteiger charge is 2.36. The van der Waals surface area contributed by atoms with Crippen LogP contribution in [0.2, 0.25) is 5.02 Å². The number of carbonyl (C=O) groups is 1. The summed E-state index contributed by atoms with van der Waals surface area (Å²) < 4.78 is 27.3. The molecule has 1 aromatic heterocycles. The molecule has 4 rings (SSSR count). The van der Waals surface area contributed by atoms with E-state index in [1.807, 2.05) is 12.1 Å². The first-order valence-corrected chi connectivity index (χ1v) is 10.9. The molecule has 2 aliphatic rings. The second kappa shape index (κ2) is 8.63. The van der Waals surface area contributed by atoms with Crippen LogP contribution < -0.4 is 10.2 Å². The third kappa shape index (κ3) is 4.52. The number of benzene rings is 1. The van der Waals surface area contributed by atoms with Crippen LogP contribution in [0, 0.1) is 11.8 Å². The third-order valence-electron chi connectivity index (χ3n) is 6.19. The van der Waals surface area contributed by atoms with Crippen LogP contribution in [0.25, 0.3) is 10.9 Å². The minimum Gasteiger partial charge on any atom is -0.396 e. The summed E-state index contributed by atoms with van der Waals surface area (Å²) in [4.78, 5) is 19.7. The van der Waals surface area contributed by atoms with E-state index in [4.69, 9.17) is 11.6 Å². The van der Waals surface area contributed by atoms with Gasteiger partial charge in [0.25, 0.3) is 5.91 Å². The van der Waals surface area contributed by atoms with Gasteiger partial charge in [-0.15, -0.1) is 0 Å². The zero-order valence-electron chi connectivity index (χ0n) is 16.7. The van der Waals surface area contributed by atoms with E-state index < -0.39 is 5.92 Å². The van der Waals surface area contributed by atoms with Crippen molar-refractivity contribution in [2.75, 3.05) is 31.1 Å². The Kier molecular flexibility index (Phi) is 6.11. The zero-order valence-corrected chi connectivity index (χ0v) is 17.5. The van der Waals surface area contributed by atoms with Crippen molar-refractivity contribution in [3.05, 3.63) is 34.9 Å². The molecule has 2 fully saturated rings. The molecule has 0 bridgehead atoms. The molecule has 1 saturated heterocycles. The maximum absolute atomic E-state index is 13.6. The summed E-state index contributed by atoms with van der Waals surface area (Å²) in [6.07, 6.45) is 1.82. The van der Waals surface area contributed by atoms with E-state index in [0.29, 0.717) is 34.3 Å². The van der Waals surface area contributed by atoms with Crippen LogP contribution in [-0.4, -0.2) is 48.2 Å². The number of nitrogens with one attached hydrogen (secondary N) is 1. The molecule has 1 amide bonds. The molecular formula is C22H26ClF2N3O2. The van der Waals surface area contributed by atoms with E-state index >= 15 is 0 Å². The number of alkyl halides is 2. The van der Waals surface area contributed by atoms with Gasteiger partial charge in [0, 0.05) is 50.4 Å². The molecule has 2 atom stereocenters. The Hall–Kier alpha value is -1.99. The molecule has 162 valence electrons. The van der Waals surface area contributed by atoms with Crippen molar-refractivity contribution in [1.29, 1.82) is 0 Å². The Bertz CT molecular complexity index is 940. The fourth-order valence-corrected chi connectivity index (χ4v) is 4.79. The Balaban J connectivity index is 1.51. The minimum atomic E-state index is -2.64. The molecular weight excluding hydrogens is 412 g/mol. The molecule has 2 aromatic rings. The number of carbonyl (C=O) groups excluding carboxylic acids is 1. The van der Waals surface area contributed by atoms with E-state index in [9.17, 15) is 18.7 Å². The lowest BCUT2D eigenvalue weighted by molar-refractivity contribution is -0.0518. The molecule has 1 aliphatic heterocycles. The molecule has 5 nitrogen and oxygen atoms in total. The van der Waals surface area contributed by atoms with Crippen LogP contribution in [0.4, 0.5) is 14.6 Å². The maximum atomic E-state index is 13.6. The topological polar surface area (TPSA) is 65.5 Å². The first kappa shape index (κ1) is 21.2. The number of rotatable bonds is 5. The van der Waals surface area contributed by atoms with Crippen LogP contribution in [0.15, 0.2) is 24.3 Å². The Morgan fingerprint density at radius 2 is 2.10 bits per heavy atom. The van der Waals surface area contributed by atoms with Gasteiger partial charge in [0.2, 0.25) is 5.92 Å². The standard InChI is InChI=1S/C22H26ClF2N3O2/c23-17-4-5-18-16(3-6-19(27-18)28-9-7-15(12-28)13-29)20(17)21(30)26-11-14-2-1-8-22(24,25)10-14/h3-6,14-15,29H,1-2,7-13H2,(H,26,30). The number of pyridine rings is 1. The molecule has 2 heterocycles. The predicted octanol–water partition coefficient (Wildman–Crippen LogP) is 4.26. The Labute approximate surface area is 179 Å². The summed E-state index contributed by atoms with van der Waals surface area (Å²) in [6, 6.07) is 7.11. The van der Waals surface area contributed by atoms with E-state index in [0.717, 1.165) is 25.3 Å². The average Bonchev–Trinajstić information content (AvgIpc) is 3.20. The van der Waals surface area contributed by atoms with Gasteiger partial charge in [-0.05, 0) is 49.4 Å². The molecule has 1 aliphatic carbocycles. The fraction of sp³-hybridized carbons (Fsp3) is 0.545. The second-order valence-electron chi connectivity index (χ2n) is 8.47. The number of hydrogen-bond donors (Lipinski definition) is 2. The van der Waals surface area contributed by atoms with Crippen LogP contribution in [0.3, 0.4) is 0 Å². The number of amides is 1. The van der Waals surface area contributed by atoms with Gasteiger partial charge in [0.1, 0.15) is 5.82 Å². The van der Waals surface area contributed by atoms with Crippen LogP contribution in [0.1, 0.15) is 42.5 Å². The number of aromatic nitrogens is 1. The van der Waals surface area contributed by atoms with Gasteiger partial charge in [0.15, 0.2) is 0 Å². The van der Waals surface area contributed by atoms with Crippen molar-refractivity contribution < 1.29 is 18.7 Å². The zero-order chi connectivity index (χ0) is 21.3. The first-order chi connectivity index (χ1) is 14.4. The van der Waals surface area contributed by atoms with E-state index in [2.05, 4.69) is 15.2 Å². The van der Waals surface area contributed by atoms with Gasteiger partial charge in [-0.2, -0.15) is 0 Å². The highest BCUT2D eigenvalue weighted by molar-refractivity contribution is 6.35. The summed E-state index contributed by atoms with van der Waals surface area (Å²) in [7, 11) is 0. The van der Waals surface area contributed by atoms with Crippen LogP contribution >= 0.6 is 11.6 Å². The second-order valence-corrected chi connectivity index (χ2v) is 8.88. The minimum absolute atomic E-state index is 0.0727. The Morgan fingerprint density at radius 1 is 1.27 bits per heavy atom. The quantitative estimate of drug-likeness (QED) is 0.733. The van der Waals surface area contributed by atoms with Gasteiger partial charge < -0.3 is 15.3 Å². The lowest BCUT2D eigenvalue weighted by Gasteiger charge is -2.29. The number of halogens is 3. The molecule has 2 N–H and O–H groups in total. The molecule has 0 radical (unpaired) electrons. The summed E-state index contributed by atoms with van der Waals surface area (Å²) in [5.41, 5.74) is 0.976. The number of nitrogens with zero attached hydrogens (tertiary/aromatic N) is 2. The van der Waals surface area contributed by atoms with Crippen LogP contribution in [-0.2, 0) is 0 Å². The average molecular weight is 438 g/mol. The number of hydrogen-bond acceptors (Lipinski definition) is 4. The van der Waals surface area contributed by atoms with Gasteiger partial charge >= 0.3 is 0 Å². The lowest BCUT2D eigenvalue weighted by atomic mass is 9.86. The van der Waals surface area contributed by atoms with Gasteiger partial charge in [-0.1, -0.05) is 11.6 Å². The summed E-state index contributed by atoms with van der Waals surface area (Å²) in [6.45, 7) is 1.96. The molecule has 1 aromatic carbocycles. The van der Waals surface area contributed by atoms with Crippen molar-refractivity contribution >= 4 is 34.2 Å². The molecule has 0 spiro atoms. The first-order valence-electron chi connectivity index (χ1n) is 10.5. The fourth-order valence-electron chi connectivity index (χ4n) is 4.54. The van der Waals surface area contributed by atoms with Crippen molar-refractivity contribution in [3.63, 3.8) is 0 Å². The molecule has 30 heavy (non-hydrogen) atoms. The monoisotopic (exact) mass is 437 g/mol. The molecule has 8 heteroatoms. The highest BCUT2D eigenvalue weighted by atomic mass is 35.5. The van der Waals surface area contributed by atoms with Crippen LogP contribution in [0.5, 0.6) is 0 Å². The Morgan fingerprint density at radius 3 is 2.83 bits per heavy atom. The smallest absolute Gasteiger partial charge is 0.253 e. The summed E-state index contributed by atoms with van der Waals surface area (Å²) in [5, 5.41) is 13.1. The van der Waals surface area contributed by atoms with Gasteiger partial charge in [-0.25, -0.2) is 13.8 Å². The van der Waals surface area contributed by atoms with Crippen molar-refractivity contribution in [1.82, 2.24) is 10.3 Å². The van der Waals surface area contributed by atoms with E-state index in [-0.39, 0.29) is 43.7 Å². The van der Waals surface area contributed by atoms with Crippen molar-refractivity contribution in [2.45, 2.75) is 38.0 Å². The maximum Gasteiger partial charge on any atom is 0.253 e. The number of fused-ring (bicyclic) bond motifs is 1. The predicted molar refractivity (Wildman–Crippen MR) is 113 cm³/mol. The number of aliphatic hydroxyl groups excluding tert-OH is 1. The third-order valence-corrected chi connectivity index (χ3v) is 6.51. The molecule has 1 saturated carbocycles. The molecule has 2 unspecified atom stereocenters. The van der Waals surface area contributed by atoms with Gasteiger partial charge in [-0.3, -0.25) is 4.79 Å². The van der Waals surface area contributed by atoms with Crippen molar-refractivity contribution in [2.24, 2.45) is 11.8 Å². The SMILES string of the molecule is O=C(NCC1CCCC(F)(F)C1)c1c(Cl)ccc2nc(N3CCC(CO)C3)ccc12. The lowest BCUT2D eigenvalue weighted by Crippen LogP contribution is -2.35. The van der Waals surface area contributed by atoms with Gasteiger partial charge in [0.05, 0.1) is 16.1 Å². The van der Waals surface area contributed by atoms with Crippen molar-refractivity contribution in [3.8, 4) is 0 Å². The number of aliphatic hydroxyl groups is 1. The largest absolute Gasteiger partial charge is 0.396 e. The summed E-state index contributed by atoms with van der Waals surface area (Å²) in [5.74, 6) is -2.19. The summed E-state index contributed by atoms with van der Waals surface area (Å²) >= 11 is 6.32.